The lowest BCUT2D eigenvalue weighted by Gasteiger charge is -2.22. The fourth-order valence-corrected chi connectivity index (χ4v) is 2.04. The molecule has 6 heteroatoms. The van der Waals surface area contributed by atoms with E-state index in [1.165, 1.54) is 30.5 Å². The van der Waals surface area contributed by atoms with E-state index in [1.54, 1.807) is 19.1 Å². The van der Waals surface area contributed by atoms with Crippen LogP contribution in [-0.2, 0) is 4.79 Å². The van der Waals surface area contributed by atoms with Crippen LogP contribution < -0.4 is 15.8 Å². The largest absolute Gasteiger partial charge is 0.439 e. The highest BCUT2D eigenvalue weighted by atomic mass is 19.1. The Hall–Kier alpha value is -2.47. The van der Waals surface area contributed by atoms with E-state index in [4.69, 9.17) is 10.5 Å². The number of carbonyl (C=O) groups is 1. The van der Waals surface area contributed by atoms with Gasteiger partial charge in [0.15, 0.2) is 0 Å². The van der Waals surface area contributed by atoms with Gasteiger partial charge < -0.3 is 15.8 Å². The minimum Gasteiger partial charge on any atom is -0.439 e. The van der Waals surface area contributed by atoms with Crippen LogP contribution in [0.15, 0.2) is 42.6 Å². The number of halogens is 1. The standard InChI is InChI=1S/C17H20FN3O2/c1-3-10-17(2,19)16(22)21-13-6-9-15(20-11-13)23-14-7-4-12(18)5-8-14/h4-9,11H,3,10,19H2,1-2H3,(H,21,22). The van der Waals surface area contributed by atoms with E-state index in [2.05, 4.69) is 10.3 Å². The molecule has 0 aliphatic heterocycles. The Morgan fingerprint density at radius 2 is 2.00 bits per heavy atom. The van der Waals surface area contributed by atoms with Gasteiger partial charge >= 0.3 is 0 Å². The Labute approximate surface area is 134 Å². The number of nitrogens with zero attached hydrogens (tertiary/aromatic N) is 1. The highest BCUT2D eigenvalue weighted by molar-refractivity contribution is 5.97. The van der Waals surface area contributed by atoms with Crippen LogP contribution in [0, 0.1) is 5.82 Å². The van der Waals surface area contributed by atoms with Crippen LogP contribution >= 0.6 is 0 Å². The van der Waals surface area contributed by atoms with Gasteiger partial charge in [0.05, 0.1) is 17.4 Å². The van der Waals surface area contributed by atoms with E-state index in [-0.39, 0.29) is 11.7 Å². The van der Waals surface area contributed by atoms with Gasteiger partial charge in [-0.05, 0) is 43.7 Å². The first-order valence-corrected chi connectivity index (χ1v) is 7.40. The molecule has 1 aromatic carbocycles. The number of pyridine rings is 1. The van der Waals surface area contributed by atoms with Crippen LogP contribution in [0.25, 0.3) is 0 Å². The van der Waals surface area contributed by atoms with Gasteiger partial charge in [-0.2, -0.15) is 0 Å². The second kappa shape index (κ2) is 7.19. The van der Waals surface area contributed by atoms with Crippen molar-refractivity contribution in [2.75, 3.05) is 5.32 Å². The van der Waals surface area contributed by atoms with Crippen LogP contribution in [0.3, 0.4) is 0 Å². The number of carbonyl (C=O) groups excluding carboxylic acids is 1. The lowest BCUT2D eigenvalue weighted by atomic mass is 9.96. The fraction of sp³-hybridized carbons (Fsp3) is 0.294. The zero-order valence-corrected chi connectivity index (χ0v) is 13.2. The Morgan fingerprint density at radius 1 is 1.30 bits per heavy atom. The van der Waals surface area contributed by atoms with E-state index >= 15 is 0 Å². The molecule has 3 N–H and O–H groups in total. The molecule has 1 heterocycles. The van der Waals surface area contributed by atoms with Gasteiger partial charge in [0.25, 0.3) is 0 Å². The zero-order chi connectivity index (χ0) is 16.9. The lowest BCUT2D eigenvalue weighted by Crippen LogP contribution is -2.48. The molecular weight excluding hydrogens is 297 g/mol. The van der Waals surface area contributed by atoms with Gasteiger partial charge in [-0.25, -0.2) is 9.37 Å². The number of amides is 1. The van der Waals surface area contributed by atoms with Crippen molar-refractivity contribution in [1.82, 2.24) is 4.98 Å². The molecule has 2 aromatic rings. The number of hydrogen-bond donors (Lipinski definition) is 2. The predicted molar refractivity (Wildman–Crippen MR) is 86.8 cm³/mol. The van der Waals surface area contributed by atoms with Crippen LogP contribution in [0.1, 0.15) is 26.7 Å². The van der Waals surface area contributed by atoms with Crippen LogP contribution in [0.5, 0.6) is 11.6 Å². The average Bonchev–Trinajstić information content (AvgIpc) is 2.51. The molecule has 2 rings (SSSR count). The maximum Gasteiger partial charge on any atom is 0.244 e. The number of nitrogens with two attached hydrogens (primary N) is 1. The molecule has 0 saturated heterocycles. The molecule has 0 spiro atoms. The second-order valence-electron chi connectivity index (χ2n) is 5.56. The first kappa shape index (κ1) is 16.9. The number of hydrogen-bond acceptors (Lipinski definition) is 4. The van der Waals surface area contributed by atoms with Gasteiger partial charge in [-0.1, -0.05) is 13.3 Å². The third kappa shape index (κ3) is 4.75. The molecule has 5 nitrogen and oxygen atoms in total. The fourth-order valence-electron chi connectivity index (χ4n) is 2.04. The van der Waals surface area contributed by atoms with Crippen molar-refractivity contribution in [2.24, 2.45) is 5.73 Å². The van der Waals surface area contributed by atoms with E-state index < -0.39 is 5.54 Å². The maximum atomic E-state index is 12.8. The highest BCUT2D eigenvalue weighted by Gasteiger charge is 2.27. The Bertz CT molecular complexity index is 655. The van der Waals surface area contributed by atoms with E-state index in [1.807, 2.05) is 6.92 Å². The Morgan fingerprint density at radius 3 is 2.57 bits per heavy atom. The van der Waals surface area contributed by atoms with Gasteiger partial charge in [-0.3, -0.25) is 4.79 Å². The molecule has 23 heavy (non-hydrogen) atoms. The predicted octanol–water partition coefficient (Wildman–Crippen LogP) is 3.47. The number of ether oxygens (including phenoxy) is 1. The van der Waals surface area contributed by atoms with Crippen molar-refractivity contribution in [1.29, 1.82) is 0 Å². The number of aromatic nitrogens is 1. The number of nitrogens with one attached hydrogen (secondary N) is 1. The lowest BCUT2D eigenvalue weighted by molar-refractivity contribution is -0.120. The summed E-state index contributed by atoms with van der Waals surface area (Å²) < 4.78 is 18.3. The summed E-state index contributed by atoms with van der Waals surface area (Å²) in [4.78, 5) is 16.2. The molecule has 0 fully saturated rings. The number of benzene rings is 1. The van der Waals surface area contributed by atoms with Crippen molar-refractivity contribution in [3.05, 3.63) is 48.4 Å². The molecular formula is C17H20FN3O2. The summed E-state index contributed by atoms with van der Waals surface area (Å²) in [6, 6.07) is 8.92. The Kier molecular flexibility index (Phi) is 5.28. The molecule has 1 unspecified atom stereocenters. The molecule has 0 aliphatic carbocycles. The molecule has 0 radical (unpaired) electrons. The van der Waals surface area contributed by atoms with E-state index in [0.29, 0.717) is 23.7 Å². The summed E-state index contributed by atoms with van der Waals surface area (Å²) in [5.74, 6) is 0.237. The van der Waals surface area contributed by atoms with Gasteiger partial charge in [0.2, 0.25) is 11.8 Å². The molecule has 0 saturated carbocycles. The van der Waals surface area contributed by atoms with E-state index in [0.717, 1.165) is 6.42 Å². The van der Waals surface area contributed by atoms with Gasteiger partial charge in [0.1, 0.15) is 11.6 Å². The third-order valence-electron chi connectivity index (χ3n) is 3.32. The molecule has 122 valence electrons. The summed E-state index contributed by atoms with van der Waals surface area (Å²) in [6.07, 6.45) is 2.90. The second-order valence-corrected chi connectivity index (χ2v) is 5.56. The molecule has 1 aromatic heterocycles. The molecule has 0 bridgehead atoms. The van der Waals surface area contributed by atoms with E-state index in [9.17, 15) is 9.18 Å². The van der Waals surface area contributed by atoms with Crippen LogP contribution in [0.4, 0.5) is 10.1 Å². The van der Waals surface area contributed by atoms with Crippen molar-refractivity contribution in [2.45, 2.75) is 32.2 Å². The first-order chi connectivity index (χ1) is 10.9. The van der Waals surface area contributed by atoms with Crippen molar-refractivity contribution >= 4 is 11.6 Å². The molecule has 0 aliphatic rings. The SMILES string of the molecule is CCCC(C)(N)C(=O)Nc1ccc(Oc2ccc(F)cc2)nc1. The molecule has 1 amide bonds. The van der Waals surface area contributed by atoms with Gasteiger partial charge in [-0.15, -0.1) is 0 Å². The van der Waals surface area contributed by atoms with Crippen LogP contribution in [-0.4, -0.2) is 16.4 Å². The monoisotopic (exact) mass is 317 g/mol. The highest BCUT2D eigenvalue weighted by Crippen LogP contribution is 2.21. The molecule has 1 atom stereocenters. The first-order valence-electron chi connectivity index (χ1n) is 7.40. The van der Waals surface area contributed by atoms with Crippen molar-refractivity contribution < 1.29 is 13.9 Å². The minimum atomic E-state index is -0.919. The van der Waals surface area contributed by atoms with Gasteiger partial charge in [0, 0.05) is 6.07 Å². The smallest absolute Gasteiger partial charge is 0.244 e. The maximum absolute atomic E-state index is 12.8. The summed E-state index contributed by atoms with van der Waals surface area (Å²) in [5, 5.41) is 2.73. The Balaban J connectivity index is 1.99. The summed E-state index contributed by atoms with van der Waals surface area (Å²) >= 11 is 0. The number of anilines is 1. The number of rotatable bonds is 6. The zero-order valence-electron chi connectivity index (χ0n) is 13.2. The average molecular weight is 317 g/mol. The van der Waals surface area contributed by atoms with Crippen molar-refractivity contribution in [3.8, 4) is 11.6 Å². The van der Waals surface area contributed by atoms with Crippen LogP contribution in [0.2, 0.25) is 0 Å². The quantitative estimate of drug-likeness (QED) is 0.855. The summed E-state index contributed by atoms with van der Waals surface area (Å²) in [7, 11) is 0. The third-order valence-corrected chi connectivity index (χ3v) is 3.32. The summed E-state index contributed by atoms with van der Waals surface area (Å²) in [6.45, 7) is 3.67. The minimum absolute atomic E-state index is 0.256. The van der Waals surface area contributed by atoms with Crippen molar-refractivity contribution in [3.63, 3.8) is 0 Å². The topological polar surface area (TPSA) is 77.2 Å². The summed E-state index contributed by atoms with van der Waals surface area (Å²) in [5.41, 5.74) is 5.59. The normalized spacial score (nSPS) is 13.2.